The lowest BCUT2D eigenvalue weighted by molar-refractivity contribution is 0.0737. The van der Waals surface area contributed by atoms with Gasteiger partial charge in [0.1, 0.15) is 11.4 Å². The molecule has 1 aromatic heterocycles. The Morgan fingerprint density at radius 2 is 1.88 bits per heavy atom. The quantitative estimate of drug-likeness (QED) is 0.771. The van der Waals surface area contributed by atoms with Crippen LogP contribution < -0.4 is 5.56 Å². The molecular weight excluding hydrogens is 335 g/mol. The first-order valence-corrected chi connectivity index (χ1v) is 8.62. The fourth-order valence-electron chi connectivity index (χ4n) is 2.75. The van der Waals surface area contributed by atoms with Gasteiger partial charge in [-0.15, -0.1) is 0 Å². The highest BCUT2D eigenvalue weighted by Crippen LogP contribution is 2.14. The summed E-state index contributed by atoms with van der Waals surface area (Å²) in [6, 6.07) is 7.57. The number of halogens is 1. The minimum atomic E-state index is -0.549. The maximum atomic E-state index is 14.0. The van der Waals surface area contributed by atoms with Gasteiger partial charge in [-0.2, -0.15) is 0 Å². The molecule has 2 aromatic rings. The van der Waals surface area contributed by atoms with Crippen molar-refractivity contribution in [2.24, 2.45) is 0 Å². The third kappa shape index (κ3) is 4.45. The molecule has 0 aliphatic heterocycles. The number of nitrogens with one attached hydrogen (secondary N) is 1. The summed E-state index contributed by atoms with van der Waals surface area (Å²) in [5, 5.41) is 0. The molecule has 1 amide bonds. The molecular formula is C20H23FN2O3. The monoisotopic (exact) mass is 358 g/mol. The average molecular weight is 358 g/mol. The van der Waals surface area contributed by atoms with Crippen LogP contribution in [0.3, 0.4) is 0 Å². The van der Waals surface area contributed by atoms with Crippen LogP contribution in [0.5, 0.6) is 0 Å². The van der Waals surface area contributed by atoms with Gasteiger partial charge in [0.25, 0.3) is 11.5 Å². The van der Waals surface area contributed by atoms with Crippen molar-refractivity contribution in [3.05, 3.63) is 68.9 Å². The number of unbranched alkanes of at least 4 members (excludes halogenated alkanes) is 1. The van der Waals surface area contributed by atoms with Crippen LogP contribution in [0.4, 0.5) is 4.39 Å². The minimum absolute atomic E-state index is 0.0637. The Balaban J connectivity index is 2.40. The molecule has 1 heterocycles. The highest BCUT2D eigenvalue weighted by atomic mass is 19.1. The van der Waals surface area contributed by atoms with E-state index >= 15 is 0 Å². The first-order chi connectivity index (χ1) is 12.3. The van der Waals surface area contributed by atoms with Gasteiger partial charge in [0.2, 0.25) is 0 Å². The standard InChI is InChI=1S/C20H23FN2O3/c1-4-5-10-23(12-15-8-6-7-9-18(15)21)20(26)17-11-16(14(3)24)13(2)22-19(17)25/h6-9,11H,4-5,10,12H2,1-3H3,(H,22,25). The highest BCUT2D eigenvalue weighted by molar-refractivity contribution is 5.99. The minimum Gasteiger partial charge on any atom is -0.334 e. The van der Waals surface area contributed by atoms with Crippen LogP contribution >= 0.6 is 0 Å². The number of aromatic amines is 1. The summed E-state index contributed by atoms with van der Waals surface area (Å²) >= 11 is 0. The number of hydrogen-bond acceptors (Lipinski definition) is 3. The van der Waals surface area contributed by atoms with Crippen molar-refractivity contribution in [2.45, 2.75) is 40.2 Å². The van der Waals surface area contributed by atoms with Crippen molar-refractivity contribution in [1.82, 2.24) is 9.88 Å². The summed E-state index contributed by atoms with van der Waals surface area (Å²) in [5.74, 6) is -1.14. The maximum Gasteiger partial charge on any atom is 0.261 e. The largest absolute Gasteiger partial charge is 0.334 e. The van der Waals surface area contributed by atoms with Crippen molar-refractivity contribution >= 4 is 11.7 Å². The van der Waals surface area contributed by atoms with Crippen molar-refractivity contribution in [3.8, 4) is 0 Å². The van der Waals surface area contributed by atoms with E-state index in [-0.39, 0.29) is 17.9 Å². The molecule has 26 heavy (non-hydrogen) atoms. The van der Waals surface area contributed by atoms with Gasteiger partial charge in [0, 0.05) is 29.9 Å². The zero-order valence-electron chi connectivity index (χ0n) is 15.3. The predicted molar refractivity (Wildman–Crippen MR) is 97.9 cm³/mol. The van der Waals surface area contributed by atoms with Crippen LogP contribution in [0.1, 0.15) is 58.7 Å². The van der Waals surface area contributed by atoms with Gasteiger partial charge in [-0.05, 0) is 32.4 Å². The van der Waals surface area contributed by atoms with Crippen LogP contribution in [0.15, 0.2) is 35.1 Å². The molecule has 138 valence electrons. The number of aromatic nitrogens is 1. The smallest absolute Gasteiger partial charge is 0.261 e. The molecule has 1 N–H and O–H groups in total. The number of H-pyrrole nitrogens is 1. The number of aryl methyl sites for hydroxylation is 1. The molecule has 0 spiro atoms. The molecule has 0 radical (unpaired) electrons. The van der Waals surface area contributed by atoms with Gasteiger partial charge in [-0.1, -0.05) is 31.5 Å². The third-order valence-electron chi connectivity index (χ3n) is 4.24. The zero-order valence-corrected chi connectivity index (χ0v) is 15.3. The van der Waals surface area contributed by atoms with Gasteiger partial charge in [0.15, 0.2) is 5.78 Å². The third-order valence-corrected chi connectivity index (χ3v) is 4.24. The number of ketones is 1. The molecule has 2 rings (SSSR count). The van der Waals surface area contributed by atoms with Crippen molar-refractivity contribution in [3.63, 3.8) is 0 Å². The molecule has 6 heteroatoms. The summed E-state index contributed by atoms with van der Waals surface area (Å²) < 4.78 is 14.0. The van der Waals surface area contributed by atoms with Crippen LogP contribution in [-0.2, 0) is 6.54 Å². The molecule has 0 atom stereocenters. The fourth-order valence-corrected chi connectivity index (χ4v) is 2.75. The van der Waals surface area contributed by atoms with E-state index in [1.165, 1.54) is 24.0 Å². The second-order valence-electron chi connectivity index (χ2n) is 6.28. The van der Waals surface area contributed by atoms with E-state index in [4.69, 9.17) is 0 Å². The van der Waals surface area contributed by atoms with E-state index in [9.17, 15) is 18.8 Å². The predicted octanol–water partition coefficient (Wildman–Crippen LogP) is 3.47. The summed E-state index contributed by atoms with van der Waals surface area (Å²) in [4.78, 5) is 41.0. The van der Waals surface area contributed by atoms with Gasteiger partial charge in [-0.3, -0.25) is 14.4 Å². The molecule has 5 nitrogen and oxygen atoms in total. The molecule has 0 aliphatic rings. The fraction of sp³-hybridized carbons (Fsp3) is 0.350. The Hall–Kier alpha value is -2.76. The first-order valence-electron chi connectivity index (χ1n) is 8.62. The Morgan fingerprint density at radius 1 is 1.19 bits per heavy atom. The number of rotatable bonds is 7. The summed E-state index contributed by atoms with van der Waals surface area (Å²) in [6.45, 7) is 5.43. The molecule has 0 saturated carbocycles. The average Bonchev–Trinajstić information content (AvgIpc) is 2.59. The molecule has 0 saturated heterocycles. The number of hydrogen-bond donors (Lipinski definition) is 1. The van der Waals surface area contributed by atoms with E-state index in [0.717, 1.165) is 12.8 Å². The number of Topliss-reactive ketones (excluding diaryl/α,β-unsaturated/α-hetero) is 1. The topological polar surface area (TPSA) is 70.2 Å². The van der Waals surface area contributed by atoms with Gasteiger partial charge >= 0.3 is 0 Å². The van der Waals surface area contributed by atoms with Crippen molar-refractivity contribution in [1.29, 1.82) is 0 Å². The SMILES string of the molecule is CCCCN(Cc1ccccc1F)C(=O)c1cc(C(C)=O)c(C)[nH]c1=O. The van der Waals surface area contributed by atoms with Crippen LogP contribution in [0.25, 0.3) is 0 Å². The lowest BCUT2D eigenvalue weighted by Gasteiger charge is -2.23. The lowest BCUT2D eigenvalue weighted by Crippen LogP contribution is -2.36. The normalized spacial score (nSPS) is 10.6. The number of carbonyl (C=O) groups excluding carboxylic acids is 2. The maximum absolute atomic E-state index is 14.0. The van der Waals surface area contributed by atoms with Gasteiger partial charge in [0.05, 0.1) is 0 Å². The highest BCUT2D eigenvalue weighted by Gasteiger charge is 2.22. The molecule has 0 bridgehead atoms. The summed E-state index contributed by atoms with van der Waals surface area (Å²) in [6.07, 6.45) is 1.58. The second-order valence-corrected chi connectivity index (χ2v) is 6.28. The number of amides is 1. The number of carbonyl (C=O) groups is 2. The molecule has 0 fully saturated rings. The first kappa shape index (κ1) is 19.6. The van der Waals surface area contributed by atoms with Crippen LogP contribution in [-0.4, -0.2) is 28.1 Å². The van der Waals surface area contributed by atoms with Gasteiger partial charge < -0.3 is 9.88 Å². The van der Waals surface area contributed by atoms with Gasteiger partial charge in [-0.25, -0.2) is 4.39 Å². The van der Waals surface area contributed by atoms with Crippen LogP contribution in [0.2, 0.25) is 0 Å². The Kier molecular flexibility index (Phi) is 6.44. The second kappa shape index (κ2) is 8.56. The van der Waals surface area contributed by atoms with E-state index < -0.39 is 17.3 Å². The number of pyridine rings is 1. The Labute approximate surface area is 151 Å². The Bertz CT molecular complexity index is 874. The lowest BCUT2D eigenvalue weighted by atomic mass is 10.1. The van der Waals surface area contributed by atoms with E-state index in [1.54, 1.807) is 25.1 Å². The zero-order chi connectivity index (χ0) is 19.3. The molecule has 0 aliphatic carbocycles. The molecule has 0 unspecified atom stereocenters. The Morgan fingerprint density at radius 3 is 2.50 bits per heavy atom. The summed E-state index contributed by atoms with van der Waals surface area (Å²) in [5.41, 5.74) is 0.454. The van der Waals surface area contributed by atoms with Crippen molar-refractivity contribution in [2.75, 3.05) is 6.54 Å². The molecule has 1 aromatic carbocycles. The van der Waals surface area contributed by atoms with E-state index in [1.807, 2.05) is 6.92 Å². The van der Waals surface area contributed by atoms with Crippen LogP contribution in [0, 0.1) is 12.7 Å². The van der Waals surface area contributed by atoms with E-state index in [0.29, 0.717) is 23.4 Å². The summed E-state index contributed by atoms with van der Waals surface area (Å²) in [7, 11) is 0. The number of benzene rings is 1. The van der Waals surface area contributed by atoms with E-state index in [2.05, 4.69) is 4.98 Å². The van der Waals surface area contributed by atoms with Crippen molar-refractivity contribution < 1.29 is 14.0 Å². The number of nitrogens with zero attached hydrogens (tertiary/aromatic N) is 1.